The molecule has 7 nitrogen and oxygen atoms in total. The van der Waals surface area contributed by atoms with E-state index in [1.165, 1.54) is 24.3 Å². The molecule has 152 valence electrons. The minimum atomic E-state index is -0.841. The van der Waals surface area contributed by atoms with Crippen LogP contribution in [-0.4, -0.2) is 22.8 Å². The van der Waals surface area contributed by atoms with Crippen LogP contribution in [0.5, 0.6) is 0 Å². The third-order valence-electron chi connectivity index (χ3n) is 4.61. The summed E-state index contributed by atoms with van der Waals surface area (Å²) < 4.78 is 0. The molecule has 0 fully saturated rings. The van der Waals surface area contributed by atoms with Crippen LogP contribution >= 0.6 is 0 Å². The molecule has 0 aliphatic rings. The zero-order chi connectivity index (χ0) is 21.5. The van der Waals surface area contributed by atoms with Crippen molar-refractivity contribution >= 4 is 17.5 Å². The summed E-state index contributed by atoms with van der Waals surface area (Å²) >= 11 is 0. The Bertz CT molecular complexity index is 999. The summed E-state index contributed by atoms with van der Waals surface area (Å²) in [7, 11) is 0. The van der Waals surface area contributed by atoms with Crippen molar-refractivity contribution in [2.45, 2.75) is 19.0 Å². The number of nitro groups is 1. The van der Waals surface area contributed by atoms with Crippen LogP contribution < -0.4 is 10.6 Å². The lowest BCUT2D eigenvalue weighted by atomic mass is 9.98. The maximum absolute atomic E-state index is 12.8. The molecule has 7 heteroatoms. The van der Waals surface area contributed by atoms with E-state index >= 15 is 0 Å². The van der Waals surface area contributed by atoms with Crippen molar-refractivity contribution in [1.29, 1.82) is 0 Å². The molecule has 0 saturated heterocycles. The van der Waals surface area contributed by atoms with Crippen LogP contribution in [0.15, 0.2) is 84.9 Å². The Morgan fingerprint density at radius 3 is 1.93 bits per heavy atom. The van der Waals surface area contributed by atoms with Gasteiger partial charge in [-0.05, 0) is 24.1 Å². The molecule has 0 heterocycles. The Morgan fingerprint density at radius 2 is 1.40 bits per heavy atom. The van der Waals surface area contributed by atoms with Crippen molar-refractivity contribution in [2.75, 3.05) is 0 Å². The van der Waals surface area contributed by atoms with Crippen molar-refractivity contribution in [3.63, 3.8) is 0 Å². The summed E-state index contributed by atoms with van der Waals surface area (Å²) in [5.74, 6) is -0.927. The third-order valence-corrected chi connectivity index (χ3v) is 4.61. The van der Waals surface area contributed by atoms with E-state index in [1.54, 1.807) is 6.92 Å². The number of amides is 2. The van der Waals surface area contributed by atoms with Crippen molar-refractivity contribution in [2.24, 2.45) is 0 Å². The smallest absolute Gasteiger partial charge is 0.270 e. The molecule has 1 atom stereocenters. The predicted molar refractivity (Wildman–Crippen MR) is 113 cm³/mol. The highest BCUT2D eigenvalue weighted by molar-refractivity contribution is 5.98. The highest BCUT2D eigenvalue weighted by Gasteiger charge is 2.22. The molecule has 0 saturated carbocycles. The minimum absolute atomic E-state index is 0.117. The van der Waals surface area contributed by atoms with E-state index in [0.717, 1.165) is 11.1 Å². The Hall–Kier alpha value is -4.00. The summed E-state index contributed by atoms with van der Waals surface area (Å²) in [6.45, 7) is 1.57. The van der Waals surface area contributed by atoms with Gasteiger partial charge in [-0.15, -0.1) is 0 Å². The summed E-state index contributed by atoms with van der Waals surface area (Å²) in [5.41, 5.74) is 1.75. The first-order valence-electron chi connectivity index (χ1n) is 9.41. The number of rotatable bonds is 7. The fraction of sp³-hybridized carbons (Fsp3) is 0.130. The van der Waals surface area contributed by atoms with Crippen molar-refractivity contribution in [1.82, 2.24) is 10.6 Å². The summed E-state index contributed by atoms with van der Waals surface area (Å²) in [4.78, 5) is 35.6. The maximum atomic E-state index is 12.8. The van der Waals surface area contributed by atoms with Crippen LogP contribution in [0.1, 0.15) is 34.5 Å². The number of nitrogens with one attached hydrogen (secondary N) is 2. The lowest BCUT2D eigenvalue weighted by molar-refractivity contribution is -0.384. The Kier molecular flexibility index (Phi) is 6.54. The van der Waals surface area contributed by atoms with E-state index in [1.807, 2.05) is 60.7 Å². The van der Waals surface area contributed by atoms with E-state index in [9.17, 15) is 19.7 Å². The van der Waals surface area contributed by atoms with Gasteiger partial charge in [-0.1, -0.05) is 66.7 Å². The van der Waals surface area contributed by atoms with E-state index in [2.05, 4.69) is 10.6 Å². The monoisotopic (exact) mass is 403 g/mol. The average Bonchev–Trinajstić information content (AvgIpc) is 2.78. The number of hydrogen-bond donors (Lipinski definition) is 2. The predicted octanol–water partition coefficient (Wildman–Crippen LogP) is 3.62. The fourth-order valence-corrected chi connectivity index (χ4v) is 3.02. The molecule has 30 heavy (non-hydrogen) atoms. The largest absolute Gasteiger partial charge is 0.343 e. The van der Waals surface area contributed by atoms with Gasteiger partial charge in [-0.3, -0.25) is 19.7 Å². The van der Waals surface area contributed by atoms with Crippen LogP contribution in [0.25, 0.3) is 0 Å². The molecule has 3 rings (SSSR count). The van der Waals surface area contributed by atoms with E-state index in [4.69, 9.17) is 0 Å². The van der Waals surface area contributed by atoms with Gasteiger partial charge >= 0.3 is 0 Å². The second-order valence-corrected chi connectivity index (χ2v) is 6.77. The highest BCUT2D eigenvalue weighted by Crippen LogP contribution is 2.22. The first-order chi connectivity index (χ1) is 14.5. The number of carbonyl (C=O) groups is 2. The van der Waals surface area contributed by atoms with Crippen molar-refractivity contribution < 1.29 is 14.5 Å². The van der Waals surface area contributed by atoms with Crippen LogP contribution in [0, 0.1) is 10.1 Å². The molecule has 3 aromatic carbocycles. The second kappa shape index (κ2) is 9.47. The number of carbonyl (C=O) groups excluding carboxylic acids is 2. The summed E-state index contributed by atoms with van der Waals surface area (Å²) in [6.07, 6.45) is 0. The molecule has 2 N–H and O–H groups in total. The maximum Gasteiger partial charge on any atom is 0.270 e. The molecule has 1 unspecified atom stereocenters. The van der Waals surface area contributed by atoms with E-state index in [-0.39, 0.29) is 23.2 Å². The first kappa shape index (κ1) is 20.7. The van der Waals surface area contributed by atoms with Crippen LogP contribution in [0.2, 0.25) is 0 Å². The molecular weight excluding hydrogens is 382 g/mol. The molecule has 2 amide bonds. The molecule has 0 bridgehead atoms. The van der Waals surface area contributed by atoms with Gasteiger partial charge in [-0.25, -0.2) is 0 Å². The van der Waals surface area contributed by atoms with E-state index in [0.29, 0.717) is 0 Å². The van der Waals surface area contributed by atoms with Gasteiger partial charge < -0.3 is 10.6 Å². The quantitative estimate of drug-likeness (QED) is 0.465. The Morgan fingerprint density at radius 1 is 0.833 bits per heavy atom. The molecule has 0 aliphatic heterocycles. The molecule has 0 aliphatic carbocycles. The Labute approximate surface area is 173 Å². The SMILES string of the molecule is CC(NC(=O)c1cccc([N+](=O)[O-])c1)C(=O)NC(c1ccccc1)c1ccccc1. The lowest BCUT2D eigenvalue weighted by Gasteiger charge is -2.22. The highest BCUT2D eigenvalue weighted by atomic mass is 16.6. The number of nitro benzene ring substituents is 1. The summed E-state index contributed by atoms with van der Waals surface area (Å²) in [5, 5.41) is 16.5. The number of nitrogens with zero attached hydrogens (tertiary/aromatic N) is 1. The standard InChI is InChI=1S/C23H21N3O4/c1-16(24-23(28)19-13-8-14-20(15-19)26(29)30)22(27)25-21(17-9-4-2-5-10-17)18-11-6-3-7-12-18/h2-16,21H,1H3,(H,24,28)(H,25,27). The van der Waals surface area contributed by atoms with Gasteiger partial charge in [0.15, 0.2) is 0 Å². The van der Waals surface area contributed by atoms with E-state index < -0.39 is 16.9 Å². The van der Waals surface area contributed by atoms with Gasteiger partial charge in [-0.2, -0.15) is 0 Å². The Balaban J connectivity index is 1.73. The van der Waals surface area contributed by atoms with Crippen molar-refractivity contribution in [3.05, 3.63) is 112 Å². The lowest BCUT2D eigenvalue weighted by Crippen LogP contribution is -2.46. The zero-order valence-electron chi connectivity index (χ0n) is 16.3. The third kappa shape index (κ3) is 5.08. The first-order valence-corrected chi connectivity index (χ1v) is 9.41. The topological polar surface area (TPSA) is 101 Å². The zero-order valence-corrected chi connectivity index (χ0v) is 16.3. The second-order valence-electron chi connectivity index (χ2n) is 6.77. The van der Waals surface area contributed by atoms with Gasteiger partial charge in [0, 0.05) is 17.7 Å². The van der Waals surface area contributed by atoms with Crippen LogP contribution in [0.4, 0.5) is 5.69 Å². The van der Waals surface area contributed by atoms with Gasteiger partial charge in [0.2, 0.25) is 5.91 Å². The van der Waals surface area contributed by atoms with Crippen molar-refractivity contribution in [3.8, 4) is 0 Å². The number of hydrogen-bond acceptors (Lipinski definition) is 4. The number of benzene rings is 3. The average molecular weight is 403 g/mol. The van der Waals surface area contributed by atoms with Crippen LogP contribution in [-0.2, 0) is 4.79 Å². The molecular formula is C23H21N3O4. The molecule has 3 aromatic rings. The number of non-ortho nitro benzene ring substituents is 1. The molecule has 0 aromatic heterocycles. The molecule has 0 radical (unpaired) electrons. The minimum Gasteiger partial charge on any atom is -0.343 e. The van der Waals surface area contributed by atoms with Crippen LogP contribution in [0.3, 0.4) is 0 Å². The fourth-order valence-electron chi connectivity index (χ4n) is 3.02. The molecule has 0 spiro atoms. The van der Waals surface area contributed by atoms with Gasteiger partial charge in [0.05, 0.1) is 11.0 Å². The van der Waals surface area contributed by atoms with Gasteiger partial charge in [0.25, 0.3) is 11.6 Å². The normalized spacial score (nSPS) is 11.5. The van der Waals surface area contributed by atoms with Gasteiger partial charge in [0.1, 0.15) is 6.04 Å². The summed E-state index contributed by atoms with van der Waals surface area (Å²) in [6, 6.07) is 23.2.